The molecular formula is C13H16BrN3O. The molecule has 0 aliphatic carbocycles. The third kappa shape index (κ3) is 2.37. The summed E-state index contributed by atoms with van der Waals surface area (Å²) in [6, 6.07) is 7.68. The van der Waals surface area contributed by atoms with Crippen LogP contribution in [0.15, 0.2) is 28.7 Å². The van der Waals surface area contributed by atoms with Gasteiger partial charge in [0.15, 0.2) is 0 Å². The fraction of sp³-hybridized carbons (Fsp3) is 0.462. The molecule has 1 aromatic carbocycles. The third-order valence-corrected chi connectivity index (χ3v) is 4.30. The fourth-order valence-corrected chi connectivity index (χ4v) is 3.02. The van der Waals surface area contributed by atoms with Crippen LogP contribution in [0.3, 0.4) is 0 Å². The first kappa shape index (κ1) is 12.0. The average molecular weight is 310 g/mol. The number of hydrogen-bond acceptors (Lipinski definition) is 2. The number of nitrogens with one attached hydrogen (secondary N) is 2. The number of likely N-dealkylation sites (tertiary alicyclic amines) is 1. The van der Waals surface area contributed by atoms with E-state index in [1.54, 1.807) is 0 Å². The minimum absolute atomic E-state index is 0.0201. The zero-order chi connectivity index (χ0) is 12.5. The number of carbonyl (C=O) groups is 1. The molecule has 2 unspecified atom stereocenters. The van der Waals surface area contributed by atoms with Crippen LogP contribution in [0, 0.1) is 11.8 Å². The van der Waals surface area contributed by atoms with Crippen LogP contribution >= 0.6 is 15.9 Å². The van der Waals surface area contributed by atoms with E-state index in [1.165, 1.54) is 0 Å². The van der Waals surface area contributed by atoms with E-state index in [4.69, 9.17) is 0 Å². The van der Waals surface area contributed by atoms with Crippen molar-refractivity contribution in [3.05, 3.63) is 28.7 Å². The molecule has 3 rings (SSSR count). The molecule has 2 saturated heterocycles. The molecule has 0 bridgehead atoms. The number of anilines is 1. The summed E-state index contributed by atoms with van der Waals surface area (Å²) in [4.78, 5) is 14.0. The summed E-state index contributed by atoms with van der Waals surface area (Å²) in [6.45, 7) is 3.85. The SMILES string of the molecule is O=C(Nc1ccc(Br)cc1)N1CC2CNCC2C1. The van der Waals surface area contributed by atoms with Gasteiger partial charge in [0, 0.05) is 36.3 Å². The second-order valence-corrected chi connectivity index (χ2v) is 5.94. The van der Waals surface area contributed by atoms with Crippen molar-refractivity contribution in [1.82, 2.24) is 10.2 Å². The van der Waals surface area contributed by atoms with Crippen LogP contribution < -0.4 is 10.6 Å². The van der Waals surface area contributed by atoms with E-state index in [0.29, 0.717) is 11.8 Å². The Morgan fingerprint density at radius 1 is 1.22 bits per heavy atom. The van der Waals surface area contributed by atoms with Gasteiger partial charge in [0.05, 0.1) is 0 Å². The van der Waals surface area contributed by atoms with E-state index in [9.17, 15) is 4.79 Å². The minimum atomic E-state index is 0.0201. The molecule has 2 N–H and O–H groups in total. The van der Waals surface area contributed by atoms with Crippen molar-refractivity contribution in [3.8, 4) is 0 Å². The molecule has 4 nitrogen and oxygen atoms in total. The molecule has 0 aromatic heterocycles. The van der Waals surface area contributed by atoms with Gasteiger partial charge in [0.2, 0.25) is 0 Å². The number of urea groups is 1. The molecule has 1 aromatic rings. The van der Waals surface area contributed by atoms with Crippen LogP contribution in [0.2, 0.25) is 0 Å². The monoisotopic (exact) mass is 309 g/mol. The predicted octanol–water partition coefficient (Wildman–Crippen LogP) is 2.13. The molecule has 2 amide bonds. The summed E-state index contributed by atoms with van der Waals surface area (Å²) < 4.78 is 1.02. The summed E-state index contributed by atoms with van der Waals surface area (Å²) in [5.74, 6) is 1.28. The van der Waals surface area contributed by atoms with Gasteiger partial charge in [-0.1, -0.05) is 15.9 Å². The number of fused-ring (bicyclic) bond motifs is 1. The molecule has 0 spiro atoms. The molecule has 0 radical (unpaired) electrons. The van der Waals surface area contributed by atoms with Crippen LogP contribution in [-0.4, -0.2) is 37.1 Å². The molecule has 2 fully saturated rings. The standard InChI is InChI=1S/C13H16BrN3O/c14-11-1-3-12(4-2-11)16-13(18)17-7-9-5-15-6-10(9)8-17/h1-4,9-10,15H,5-8H2,(H,16,18). The highest BCUT2D eigenvalue weighted by molar-refractivity contribution is 9.10. The lowest BCUT2D eigenvalue weighted by Gasteiger charge is -2.18. The summed E-state index contributed by atoms with van der Waals surface area (Å²) in [7, 11) is 0. The van der Waals surface area contributed by atoms with Gasteiger partial charge in [-0.25, -0.2) is 4.79 Å². The van der Waals surface area contributed by atoms with E-state index in [-0.39, 0.29) is 6.03 Å². The first-order chi connectivity index (χ1) is 8.72. The molecule has 2 aliphatic heterocycles. The number of amides is 2. The van der Waals surface area contributed by atoms with Gasteiger partial charge in [-0.2, -0.15) is 0 Å². The van der Waals surface area contributed by atoms with Gasteiger partial charge >= 0.3 is 6.03 Å². The average Bonchev–Trinajstić information content (AvgIpc) is 2.92. The van der Waals surface area contributed by atoms with Gasteiger partial charge in [0.1, 0.15) is 0 Å². The van der Waals surface area contributed by atoms with Crippen molar-refractivity contribution < 1.29 is 4.79 Å². The Kier molecular flexibility index (Phi) is 3.26. The fourth-order valence-electron chi connectivity index (χ4n) is 2.76. The summed E-state index contributed by atoms with van der Waals surface area (Å²) in [5, 5.41) is 6.32. The van der Waals surface area contributed by atoms with Crippen molar-refractivity contribution in [2.45, 2.75) is 0 Å². The maximum Gasteiger partial charge on any atom is 0.321 e. The first-order valence-corrected chi connectivity index (χ1v) is 7.04. The van der Waals surface area contributed by atoms with Crippen LogP contribution in [-0.2, 0) is 0 Å². The second-order valence-electron chi connectivity index (χ2n) is 5.02. The molecule has 0 saturated carbocycles. The largest absolute Gasteiger partial charge is 0.324 e. The van der Waals surface area contributed by atoms with E-state index in [2.05, 4.69) is 26.6 Å². The Morgan fingerprint density at radius 2 is 1.83 bits per heavy atom. The molecule has 96 valence electrons. The number of hydrogen-bond donors (Lipinski definition) is 2. The predicted molar refractivity (Wildman–Crippen MR) is 74.6 cm³/mol. The van der Waals surface area contributed by atoms with Crippen molar-refractivity contribution in [1.29, 1.82) is 0 Å². The Labute approximate surface area is 115 Å². The maximum absolute atomic E-state index is 12.1. The molecule has 18 heavy (non-hydrogen) atoms. The number of rotatable bonds is 1. The highest BCUT2D eigenvalue weighted by atomic mass is 79.9. The lowest BCUT2D eigenvalue weighted by atomic mass is 10.0. The maximum atomic E-state index is 12.1. The van der Waals surface area contributed by atoms with E-state index >= 15 is 0 Å². The molecule has 2 atom stereocenters. The summed E-state index contributed by atoms with van der Waals surface area (Å²) in [5.41, 5.74) is 0.846. The van der Waals surface area contributed by atoms with Crippen LogP contribution in [0.1, 0.15) is 0 Å². The van der Waals surface area contributed by atoms with E-state index in [1.807, 2.05) is 29.2 Å². The Balaban J connectivity index is 1.60. The van der Waals surface area contributed by atoms with Crippen LogP contribution in [0.25, 0.3) is 0 Å². The van der Waals surface area contributed by atoms with Crippen LogP contribution in [0.4, 0.5) is 10.5 Å². The minimum Gasteiger partial charge on any atom is -0.324 e. The zero-order valence-electron chi connectivity index (χ0n) is 10.0. The summed E-state index contributed by atoms with van der Waals surface area (Å²) >= 11 is 3.38. The summed E-state index contributed by atoms with van der Waals surface area (Å²) in [6.07, 6.45) is 0. The van der Waals surface area contributed by atoms with Gasteiger partial charge in [-0.15, -0.1) is 0 Å². The molecule has 5 heteroatoms. The molecule has 2 aliphatic rings. The van der Waals surface area contributed by atoms with Crippen molar-refractivity contribution in [2.24, 2.45) is 11.8 Å². The first-order valence-electron chi connectivity index (χ1n) is 6.24. The normalized spacial score (nSPS) is 26.2. The Morgan fingerprint density at radius 3 is 2.44 bits per heavy atom. The number of nitrogens with zero attached hydrogens (tertiary/aromatic N) is 1. The van der Waals surface area contributed by atoms with E-state index < -0.39 is 0 Å². The Hall–Kier alpha value is -1.07. The van der Waals surface area contributed by atoms with Crippen LogP contribution in [0.5, 0.6) is 0 Å². The molecular weight excluding hydrogens is 294 g/mol. The van der Waals surface area contributed by atoms with Gasteiger partial charge in [-0.05, 0) is 36.1 Å². The van der Waals surface area contributed by atoms with Crippen molar-refractivity contribution in [3.63, 3.8) is 0 Å². The van der Waals surface area contributed by atoms with Gasteiger partial charge < -0.3 is 15.5 Å². The second kappa shape index (κ2) is 4.90. The van der Waals surface area contributed by atoms with Crippen molar-refractivity contribution in [2.75, 3.05) is 31.5 Å². The number of halogens is 1. The molecule has 2 heterocycles. The van der Waals surface area contributed by atoms with E-state index in [0.717, 1.165) is 36.3 Å². The highest BCUT2D eigenvalue weighted by Gasteiger charge is 2.37. The zero-order valence-corrected chi connectivity index (χ0v) is 11.6. The van der Waals surface area contributed by atoms with Gasteiger partial charge in [0.25, 0.3) is 0 Å². The lowest BCUT2D eigenvalue weighted by molar-refractivity contribution is 0.219. The lowest BCUT2D eigenvalue weighted by Crippen LogP contribution is -2.35. The highest BCUT2D eigenvalue weighted by Crippen LogP contribution is 2.26. The number of benzene rings is 1. The third-order valence-electron chi connectivity index (χ3n) is 3.77. The van der Waals surface area contributed by atoms with Gasteiger partial charge in [-0.3, -0.25) is 0 Å². The Bertz CT molecular complexity index is 436. The quantitative estimate of drug-likeness (QED) is 0.835. The topological polar surface area (TPSA) is 44.4 Å². The number of carbonyl (C=O) groups excluding carboxylic acids is 1. The smallest absolute Gasteiger partial charge is 0.321 e. The van der Waals surface area contributed by atoms with Crippen molar-refractivity contribution >= 4 is 27.6 Å².